The van der Waals surface area contributed by atoms with Gasteiger partial charge in [-0.25, -0.2) is 0 Å². The second kappa shape index (κ2) is 9.68. The molecular weight excluding hydrogens is 470 g/mol. The third-order valence-corrected chi connectivity index (χ3v) is 11.8. The van der Waals surface area contributed by atoms with E-state index in [0.29, 0.717) is 28.2 Å². The van der Waals surface area contributed by atoms with Crippen molar-refractivity contribution in [2.75, 3.05) is 37.7 Å². The molecule has 2 heterocycles. The topological polar surface area (TPSA) is 40.2 Å². The van der Waals surface area contributed by atoms with Gasteiger partial charge in [-0.05, 0) is 86.8 Å². The molecule has 6 heteroatoms. The van der Waals surface area contributed by atoms with Crippen molar-refractivity contribution in [3.63, 3.8) is 0 Å². The van der Waals surface area contributed by atoms with Crippen LogP contribution in [-0.2, 0) is 14.5 Å². The van der Waals surface area contributed by atoms with Crippen molar-refractivity contribution in [3.05, 3.63) is 29.8 Å². The summed E-state index contributed by atoms with van der Waals surface area (Å²) < 4.78 is 12.9. The molecule has 0 atom stereocenters. The van der Waals surface area contributed by atoms with Crippen LogP contribution in [0.15, 0.2) is 24.3 Å². The highest BCUT2D eigenvalue weighted by atomic mass is 32.2. The largest absolute Gasteiger partial charge is 0.494 e. The molecule has 0 aromatic heterocycles. The zero-order chi connectivity index (χ0) is 24.2. The van der Waals surface area contributed by atoms with Gasteiger partial charge >= 0.3 is 0 Å². The van der Waals surface area contributed by atoms with Crippen molar-refractivity contribution in [2.45, 2.75) is 81.7 Å². The summed E-state index contributed by atoms with van der Waals surface area (Å²) in [5, 5.41) is 0. The van der Waals surface area contributed by atoms with Gasteiger partial charge < -0.3 is 14.4 Å². The molecule has 5 aliphatic carbocycles. The van der Waals surface area contributed by atoms with Crippen LogP contribution in [0.3, 0.4) is 0 Å². The van der Waals surface area contributed by atoms with E-state index in [9.17, 15) is 0 Å². The lowest BCUT2D eigenvalue weighted by atomic mass is 9.53. The van der Waals surface area contributed by atoms with Crippen molar-refractivity contribution < 1.29 is 19.2 Å². The van der Waals surface area contributed by atoms with Crippen LogP contribution < -0.4 is 4.74 Å². The van der Waals surface area contributed by atoms with Crippen LogP contribution in [0.5, 0.6) is 5.75 Å². The van der Waals surface area contributed by atoms with Crippen LogP contribution in [0.1, 0.15) is 75.7 Å². The highest BCUT2D eigenvalue weighted by Gasteiger charge is 2.66. The lowest BCUT2D eigenvalue weighted by Crippen LogP contribution is -2.59. The van der Waals surface area contributed by atoms with Gasteiger partial charge in [-0.3, -0.25) is 0 Å². The maximum atomic E-state index is 6.89. The molecule has 5 nitrogen and oxygen atoms in total. The van der Waals surface area contributed by atoms with Gasteiger partial charge in [0.1, 0.15) is 5.75 Å². The Balaban J connectivity index is 0.889. The van der Waals surface area contributed by atoms with Crippen LogP contribution in [0.4, 0.5) is 0 Å². The quantitative estimate of drug-likeness (QED) is 0.267. The molecule has 2 spiro atoms. The van der Waals surface area contributed by atoms with Crippen LogP contribution in [0.2, 0.25) is 0 Å². The number of hydrogen-bond acceptors (Lipinski definition) is 5. The van der Waals surface area contributed by atoms with Gasteiger partial charge in [0.25, 0.3) is 0 Å². The van der Waals surface area contributed by atoms with Gasteiger partial charge in [0.15, 0.2) is 0 Å². The molecule has 8 rings (SSSR count). The lowest BCUT2D eigenvalue weighted by Gasteiger charge is -2.57. The monoisotopic (exact) mass is 513 g/mol. The molecule has 2 saturated heterocycles. The molecule has 1 aromatic rings. The molecule has 36 heavy (non-hydrogen) atoms. The summed E-state index contributed by atoms with van der Waals surface area (Å²) in [6.07, 6.45) is 11.7. The van der Waals surface area contributed by atoms with E-state index < -0.39 is 11.6 Å². The summed E-state index contributed by atoms with van der Waals surface area (Å²) in [5.41, 5.74) is 1.41. The highest BCUT2D eigenvalue weighted by Crippen LogP contribution is 2.64. The van der Waals surface area contributed by atoms with Crippen molar-refractivity contribution in [2.24, 2.45) is 23.7 Å². The van der Waals surface area contributed by atoms with E-state index in [-0.39, 0.29) is 0 Å². The second-order valence-electron chi connectivity index (χ2n) is 12.6. The molecule has 198 valence electrons. The first-order valence-electron chi connectivity index (χ1n) is 14.6. The first-order chi connectivity index (χ1) is 17.6. The summed E-state index contributed by atoms with van der Waals surface area (Å²) >= 11 is 0. The van der Waals surface area contributed by atoms with Gasteiger partial charge in [-0.15, -0.1) is 0 Å². The third kappa shape index (κ3) is 4.49. The minimum absolute atomic E-state index is 0.398. The average Bonchev–Trinajstić information content (AvgIpc) is 3.26. The summed E-state index contributed by atoms with van der Waals surface area (Å²) in [4.78, 5) is 14.9. The number of nitrogens with zero attached hydrogens (tertiary/aromatic N) is 1. The van der Waals surface area contributed by atoms with Gasteiger partial charge in [0.05, 0.1) is 6.61 Å². The summed E-state index contributed by atoms with van der Waals surface area (Å²) in [7, 11) is 0.398. The molecular formula is C30H43NO4S. The number of hydrogen-bond donors (Lipinski definition) is 0. The molecule has 5 saturated carbocycles. The fraction of sp³-hybridized carbons (Fsp3) is 0.767. The number of rotatable bonds is 6. The van der Waals surface area contributed by atoms with Gasteiger partial charge in [0.2, 0.25) is 11.6 Å². The Morgan fingerprint density at radius 3 is 2.25 bits per heavy atom. The predicted molar refractivity (Wildman–Crippen MR) is 144 cm³/mol. The summed E-state index contributed by atoms with van der Waals surface area (Å²) in [6, 6.07) is 8.85. The molecule has 2 aliphatic heterocycles. The maximum Gasteiger partial charge on any atom is 0.210 e. The van der Waals surface area contributed by atoms with Crippen LogP contribution in [0.25, 0.3) is 0 Å². The second-order valence-corrected chi connectivity index (χ2v) is 14.7. The Kier molecular flexibility index (Phi) is 6.49. The SMILES string of the molecule is C=S1CCN(CCCOc2ccc([C@H]3CC[C@]4(CC3)OO[C@]3(O4)C4CC5CC(C4)CC3C5)cc2)CC1. The van der Waals surface area contributed by atoms with E-state index in [4.69, 9.17) is 19.2 Å². The van der Waals surface area contributed by atoms with Crippen molar-refractivity contribution >= 4 is 16.4 Å². The van der Waals surface area contributed by atoms with E-state index in [2.05, 4.69) is 35.0 Å². The van der Waals surface area contributed by atoms with E-state index in [1.54, 1.807) is 0 Å². The Morgan fingerprint density at radius 2 is 1.58 bits per heavy atom. The third-order valence-electron chi connectivity index (χ3n) is 10.3. The Morgan fingerprint density at radius 1 is 0.917 bits per heavy atom. The number of ether oxygens (including phenoxy) is 2. The van der Waals surface area contributed by atoms with E-state index in [0.717, 1.165) is 62.8 Å². The van der Waals surface area contributed by atoms with E-state index >= 15 is 0 Å². The molecule has 1 aromatic carbocycles. The normalized spacial score (nSPS) is 42.5. The van der Waals surface area contributed by atoms with Crippen molar-refractivity contribution in [3.8, 4) is 5.75 Å². The molecule has 0 N–H and O–H groups in total. The standard InChI is InChI=1S/C30H43NO4S/c1-36-15-12-31(13-16-36)11-2-14-32-28-5-3-24(4-6-28)25-7-9-29(10-8-25)33-30(35-34-29)26-18-22-17-23(20-26)21-27(30)19-22/h3-6,22-23,25-27H,1-2,7-21H2/t22?,23?,25-,26?,27?,29+,30-. The number of benzene rings is 1. The van der Waals surface area contributed by atoms with Crippen molar-refractivity contribution in [1.82, 2.24) is 4.90 Å². The van der Waals surface area contributed by atoms with Crippen molar-refractivity contribution in [1.29, 1.82) is 0 Å². The smallest absolute Gasteiger partial charge is 0.210 e. The van der Waals surface area contributed by atoms with Crippen LogP contribution in [0, 0.1) is 23.7 Å². The maximum absolute atomic E-state index is 6.89. The fourth-order valence-corrected chi connectivity index (χ4v) is 9.69. The Labute approximate surface area is 219 Å². The summed E-state index contributed by atoms with van der Waals surface area (Å²) in [6.45, 7) is 4.33. The first-order valence-corrected chi connectivity index (χ1v) is 16.3. The zero-order valence-electron chi connectivity index (χ0n) is 21.7. The Hall–Kier alpha value is -0.920. The van der Waals surface area contributed by atoms with E-state index in [1.807, 2.05) is 0 Å². The fourth-order valence-electron chi connectivity index (χ4n) is 8.45. The molecule has 4 bridgehead atoms. The molecule has 7 fully saturated rings. The van der Waals surface area contributed by atoms with Gasteiger partial charge in [-0.2, -0.15) is 20.3 Å². The Bertz CT molecular complexity index is 918. The van der Waals surface area contributed by atoms with Crippen LogP contribution in [-0.4, -0.2) is 60.1 Å². The van der Waals surface area contributed by atoms with Crippen LogP contribution >= 0.6 is 10.5 Å². The molecule has 7 aliphatic rings. The highest BCUT2D eigenvalue weighted by molar-refractivity contribution is 8.14. The lowest BCUT2D eigenvalue weighted by molar-refractivity contribution is -0.390. The molecule has 0 unspecified atom stereocenters. The molecule has 0 amide bonds. The van der Waals surface area contributed by atoms with Gasteiger partial charge in [-0.1, -0.05) is 18.0 Å². The zero-order valence-corrected chi connectivity index (χ0v) is 22.5. The minimum Gasteiger partial charge on any atom is -0.494 e. The first kappa shape index (κ1) is 24.1. The van der Waals surface area contributed by atoms with Gasteiger partial charge in [0, 0.05) is 55.8 Å². The minimum atomic E-state index is -0.516. The summed E-state index contributed by atoms with van der Waals surface area (Å²) in [5.74, 6) is 10.2. The molecule has 0 radical (unpaired) electrons. The average molecular weight is 514 g/mol. The van der Waals surface area contributed by atoms with E-state index in [1.165, 1.54) is 62.3 Å². The predicted octanol–water partition coefficient (Wildman–Crippen LogP) is 5.96.